The lowest BCUT2D eigenvalue weighted by Crippen LogP contribution is -2.30. The van der Waals surface area contributed by atoms with Crippen LogP contribution >= 0.6 is 0 Å². The molecule has 3 N–H and O–H groups in total. The highest BCUT2D eigenvalue weighted by molar-refractivity contribution is 5.94. The van der Waals surface area contributed by atoms with Crippen LogP contribution in [0.1, 0.15) is 25.3 Å². The number of nitrogens with zero attached hydrogens (tertiary/aromatic N) is 1. The first-order valence-electron chi connectivity index (χ1n) is 9.18. The zero-order valence-electron chi connectivity index (χ0n) is 16.8. The van der Waals surface area contributed by atoms with E-state index < -0.39 is 0 Å². The van der Waals surface area contributed by atoms with E-state index in [0.29, 0.717) is 30.4 Å². The fourth-order valence-electron chi connectivity index (χ4n) is 2.57. The molecule has 7 nitrogen and oxygen atoms in total. The third-order valence-corrected chi connectivity index (χ3v) is 4.04. The number of carbonyl (C=O) groups is 1. The van der Waals surface area contributed by atoms with Crippen molar-refractivity contribution in [3.8, 4) is 11.5 Å². The van der Waals surface area contributed by atoms with E-state index in [0.717, 1.165) is 23.4 Å². The number of nitrogens with one attached hydrogen (secondary N) is 3. The highest BCUT2D eigenvalue weighted by atomic mass is 16.5. The molecule has 0 saturated carbocycles. The molecule has 0 aromatic heterocycles. The van der Waals surface area contributed by atoms with Crippen LogP contribution in [-0.4, -0.2) is 33.1 Å². The van der Waals surface area contributed by atoms with E-state index in [1.54, 1.807) is 21.3 Å². The summed E-state index contributed by atoms with van der Waals surface area (Å²) in [6.07, 6.45) is 1.36. The van der Waals surface area contributed by atoms with Crippen LogP contribution in [0, 0.1) is 0 Å². The van der Waals surface area contributed by atoms with Crippen molar-refractivity contribution in [2.45, 2.75) is 26.3 Å². The summed E-state index contributed by atoms with van der Waals surface area (Å²) in [6.45, 7) is 2.58. The van der Waals surface area contributed by atoms with Gasteiger partial charge in [-0.05, 0) is 36.2 Å². The summed E-state index contributed by atoms with van der Waals surface area (Å²) in [4.78, 5) is 15.9. The average molecular weight is 384 g/mol. The van der Waals surface area contributed by atoms with E-state index in [4.69, 9.17) is 9.47 Å². The van der Waals surface area contributed by atoms with Crippen LogP contribution in [0.4, 0.5) is 11.4 Å². The number of benzene rings is 2. The summed E-state index contributed by atoms with van der Waals surface area (Å²) in [6, 6.07) is 13.3. The second kappa shape index (κ2) is 10.8. The Balaban J connectivity index is 1.92. The molecule has 0 radical (unpaired) electrons. The molecule has 1 amide bonds. The smallest absolute Gasteiger partial charge is 0.224 e. The number of methoxy groups -OCH3 is 2. The van der Waals surface area contributed by atoms with Crippen molar-refractivity contribution in [3.05, 3.63) is 48.0 Å². The molecule has 0 heterocycles. The monoisotopic (exact) mass is 384 g/mol. The second-order valence-corrected chi connectivity index (χ2v) is 6.12. The Morgan fingerprint density at radius 2 is 1.64 bits per heavy atom. The minimum absolute atomic E-state index is 0.0351. The number of ether oxygens (including phenoxy) is 2. The Hall–Kier alpha value is -3.22. The lowest BCUT2D eigenvalue weighted by molar-refractivity contribution is -0.116. The van der Waals surface area contributed by atoms with Gasteiger partial charge in [0.05, 0.1) is 14.2 Å². The highest BCUT2D eigenvalue weighted by Gasteiger charge is 2.06. The van der Waals surface area contributed by atoms with Crippen molar-refractivity contribution in [1.82, 2.24) is 5.32 Å². The van der Waals surface area contributed by atoms with Crippen molar-refractivity contribution in [2.75, 3.05) is 31.9 Å². The Bertz CT molecular complexity index is 804. The molecule has 2 aromatic carbocycles. The number of anilines is 2. The highest BCUT2D eigenvalue weighted by Crippen LogP contribution is 2.29. The van der Waals surface area contributed by atoms with Crippen molar-refractivity contribution >= 4 is 23.2 Å². The zero-order valence-corrected chi connectivity index (χ0v) is 16.8. The Morgan fingerprint density at radius 1 is 0.964 bits per heavy atom. The standard InChI is InChI=1S/C21H28N4O3/c1-5-6-20(26)24-16-9-7-15(8-10-16)14-23-21(22-2)25-17-11-12-18(27-3)19(13-17)28-4/h7-13H,5-6,14H2,1-4H3,(H,24,26)(H2,22,23,25). The van der Waals surface area contributed by atoms with Crippen LogP contribution in [-0.2, 0) is 11.3 Å². The predicted molar refractivity (Wildman–Crippen MR) is 113 cm³/mol. The lowest BCUT2D eigenvalue weighted by Gasteiger charge is -2.14. The summed E-state index contributed by atoms with van der Waals surface area (Å²) in [7, 11) is 4.91. The van der Waals surface area contributed by atoms with Crippen LogP contribution in [0.25, 0.3) is 0 Å². The quantitative estimate of drug-likeness (QED) is 0.478. The maximum absolute atomic E-state index is 11.6. The minimum atomic E-state index is 0.0351. The van der Waals surface area contributed by atoms with Crippen LogP contribution in [0.2, 0.25) is 0 Å². The molecular formula is C21H28N4O3. The molecular weight excluding hydrogens is 356 g/mol. The second-order valence-electron chi connectivity index (χ2n) is 6.12. The zero-order chi connectivity index (χ0) is 20.4. The van der Waals surface area contributed by atoms with Gasteiger partial charge in [0, 0.05) is 37.5 Å². The van der Waals surface area contributed by atoms with Gasteiger partial charge in [-0.25, -0.2) is 0 Å². The first-order valence-corrected chi connectivity index (χ1v) is 9.18. The van der Waals surface area contributed by atoms with Crippen LogP contribution in [0.3, 0.4) is 0 Å². The predicted octanol–water partition coefficient (Wildman–Crippen LogP) is 3.63. The normalized spacial score (nSPS) is 10.9. The molecule has 0 saturated heterocycles. The number of amides is 1. The van der Waals surface area contributed by atoms with Crippen molar-refractivity contribution in [1.29, 1.82) is 0 Å². The number of hydrogen-bond acceptors (Lipinski definition) is 4. The Kier molecular flexibility index (Phi) is 8.14. The molecule has 0 aliphatic heterocycles. The lowest BCUT2D eigenvalue weighted by atomic mass is 10.2. The van der Waals surface area contributed by atoms with Gasteiger partial charge >= 0.3 is 0 Å². The summed E-state index contributed by atoms with van der Waals surface area (Å²) in [5.74, 6) is 1.98. The maximum Gasteiger partial charge on any atom is 0.224 e. The topological polar surface area (TPSA) is 84.0 Å². The van der Waals surface area contributed by atoms with E-state index in [1.165, 1.54) is 0 Å². The van der Waals surface area contributed by atoms with E-state index in [1.807, 2.05) is 49.4 Å². The van der Waals surface area contributed by atoms with Crippen LogP contribution < -0.4 is 25.4 Å². The first kappa shape index (κ1) is 21.1. The number of guanidine groups is 1. The number of hydrogen-bond donors (Lipinski definition) is 3. The molecule has 2 rings (SSSR count). The molecule has 28 heavy (non-hydrogen) atoms. The average Bonchev–Trinajstić information content (AvgIpc) is 2.72. The Morgan fingerprint density at radius 3 is 2.25 bits per heavy atom. The minimum Gasteiger partial charge on any atom is -0.493 e. The van der Waals surface area contributed by atoms with E-state index in [2.05, 4.69) is 20.9 Å². The molecule has 0 bridgehead atoms. The molecule has 0 fully saturated rings. The number of aliphatic imine (C=N–C) groups is 1. The van der Waals surface area contributed by atoms with Crippen LogP contribution in [0.15, 0.2) is 47.5 Å². The Labute approximate surface area is 166 Å². The summed E-state index contributed by atoms with van der Waals surface area (Å²) in [5, 5.41) is 9.36. The summed E-state index contributed by atoms with van der Waals surface area (Å²) in [5.41, 5.74) is 2.71. The van der Waals surface area contributed by atoms with Gasteiger partial charge in [-0.15, -0.1) is 0 Å². The SMILES string of the molecule is CCCC(=O)Nc1ccc(CNC(=NC)Nc2ccc(OC)c(OC)c2)cc1. The van der Waals surface area contributed by atoms with E-state index in [-0.39, 0.29) is 5.91 Å². The van der Waals surface area contributed by atoms with Gasteiger partial charge < -0.3 is 25.4 Å². The molecule has 2 aromatic rings. The molecule has 0 spiro atoms. The van der Waals surface area contributed by atoms with Gasteiger partial charge in [0.15, 0.2) is 17.5 Å². The summed E-state index contributed by atoms with van der Waals surface area (Å²) >= 11 is 0. The van der Waals surface area contributed by atoms with Crippen molar-refractivity contribution < 1.29 is 14.3 Å². The largest absolute Gasteiger partial charge is 0.493 e. The molecule has 0 unspecified atom stereocenters. The third kappa shape index (κ3) is 6.19. The molecule has 0 atom stereocenters. The van der Waals surface area contributed by atoms with Gasteiger partial charge in [-0.1, -0.05) is 19.1 Å². The van der Waals surface area contributed by atoms with Gasteiger partial charge in [0.1, 0.15) is 0 Å². The van der Waals surface area contributed by atoms with Crippen LogP contribution in [0.5, 0.6) is 11.5 Å². The van der Waals surface area contributed by atoms with E-state index in [9.17, 15) is 4.79 Å². The van der Waals surface area contributed by atoms with Crippen molar-refractivity contribution in [3.63, 3.8) is 0 Å². The molecule has 7 heteroatoms. The number of rotatable bonds is 8. The van der Waals surface area contributed by atoms with Crippen molar-refractivity contribution in [2.24, 2.45) is 4.99 Å². The van der Waals surface area contributed by atoms with Gasteiger partial charge in [0.2, 0.25) is 5.91 Å². The summed E-state index contributed by atoms with van der Waals surface area (Å²) < 4.78 is 10.6. The molecule has 0 aliphatic rings. The third-order valence-electron chi connectivity index (χ3n) is 4.04. The molecule has 150 valence electrons. The van der Waals surface area contributed by atoms with E-state index >= 15 is 0 Å². The van der Waals surface area contributed by atoms with Gasteiger partial charge in [0.25, 0.3) is 0 Å². The first-order chi connectivity index (χ1) is 13.6. The van der Waals surface area contributed by atoms with Gasteiger partial charge in [-0.3, -0.25) is 9.79 Å². The fraction of sp³-hybridized carbons (Fsp3) is 0.333. The fourth-order valence-corrected chi connectivity index (χ4v) is 2.57. The molecule has 0 aliphatic carbocycles. The van der Waals surface area contributed by atoms with Gasteiger partial charge in [-0.2, -0.15) is 0 Å². The maximum atomic E-state index is 11.6. The number of carbonyl (C=O) groups excluding carboxylic acids is 1.